The molecular weight excluding hydrogens is 264 g/mol. The minimum absolute atomic E-state index is 0.278. The lowest BCUT2D eigenvalue weighted by Gasteiger charge is -2.13. The predicted octanol–water partition coefficient (Wildman–Crippen LogP) is 3.94. The maximum Gasteiger partial charge on any atom is 0.145 e. The molecule has 4 nitrogen and oxygen atoms in total. The highest BCUT2D eigenvalue weighted by Crippen LogP contribution is 2.25. The first-order valence-electron chi connectivity index (χ1n) is 7.30. The van der Waals surface area contributed by atoms with Crippen LogP contribution in [0.1, 0.15) is 32.0 Å². The first-order valence-corrected chi connectivity index (χ1v) is 7.30. The molecular formula is C17H22N2O2. The lowest BCUT2D eigenvalue weighted by molar-refractivity contribution is 0.338. The van der Waals surface area contributed by atoms with Crippen LogP contribution in [0, 0.1) is 0 Å². The largest absolute Gasteiger partial charge is 0.494 e. The van der Waals surface area contributed by atoms with E-state index in [1.807, 2.05) is 50.4 Å². The van der Waals surface area contributed by atoms with Gasteiger partial charge in [-0.3, -0.25) is 4.98 Å². The van der Waals surface area contributed by atoms with Gasteiger partial charge in [0.1, 0.15) is 17.2 Å². The molecule has 1 heterocycles. The average molecular weight is 286 g/mol. The summed E-state index contributed by atoms with van der Waals surface area (Å²) in [7, 11) is 1.94. The molecule has 1 N–H and O–H groups in total. The van der Waals surface area contributed by atoms with Crippen molar-refractivity contribution < 1.29 is 9.47 Å². The summed E-state index contributed by atoms with van der Waals surface area (Å²) in [6.07, 6.45) is 2.75. The maximum atomic E-state index is 5.80. The third kappa shape index (κ3) is 4.20. The highest BCUT2D eigenvalue weighted by molar-refractivity contribution is 5.36. The highest BCUT2D eigenvalue weighted by Gasteiger charge is 2.08. The van der Waals surface area contributed by atoms with Gasteiger partial charge < -0.3 is 14.8 Å². The number of rotatable bonds is 7. The van der Waals surface area contributed by atoms with Crippen molar-refractivity contribution in [2.75, 3.05) is 13.7 Å². The Morgan fingerprint density at radius 2 is 1.90 bits per heavy atom. The Morgan fingerprint density at radius 3 is 2.52 bits per heavy atom. The zero-order chi connectivity index (χ0) is 15.1. The molecule has 0 aliphatic heterocycles. The fourth-order valence-corrected chi connectivity index (χ4v) is 2.15. The van der Waals surface area contributed by atoms with Gasteiger partial charge in [-0.2, -0.15) is 0 Å². The van der Waals surface area contributed by atoms with E-state index in [1.54, 1.807) is 6.20 Å². The molecule has 0 aliphatic carbocycles. The summed E-state index contributed by atoms with van der Waals surface area (Å²) in [6.45, 7) is 4.73. The molecule has 1 unspecified atom stereocenters. The normalized spacial score (nSPS) is 12.0. The Hall–Kier alpha value is -2.07. The second-order valence-electron chi connectivity index (χ2n) is 4.68. The summed E-state index contributed by atoms with van der Waals surface area (Å²) in [5.41, 5.74) is 1.02. The molecule has 1 aromatic heterocycles. The topological polar surface area (TPSA) is 43.4 Å². The number of benzene rings is 1. The van der Waals surface area contributed by atoms with Crippen LogP contribution < -0.4 is 14.8 Å². The van der Waals surface area contributed by atoms with E-state index in [1.165, 1.54) is 0 Å². The van der Waals surface area contributed by atoms with Crippen LogP contribution >= 0.6 is 0 Å². The third-order valence-electron chi connectivity index (χ3n) is 3.23. The van der Waals surface area contributed by atoms with Crippen molar-refractivity contribution in [1.82, 2.24) is 10.3 Å². The molecule has 0 bridgehead atoms. The van der Waals surface area contributed by atoms with Gasteiger partial charge in [0, 0.05) is 12.1 Å². The van der Waals surface area contributed by atoms with Gasteiger partial charge in [-0.1, -0.05) is 13.0 Å². The third-order valence-corrected chi connectivity index (χ3v) is 3.23. The number of ether oxygens (including phenoxy) is 2. The van der Waals surface area contributed by atoms with Crippen LogP contribution in [0.5, 0.6) is 17.2 Å². The molecule has 2 rings (SSSR count). The summed E-state index contributed by atoms with van der Waals surface area (Å²) < 4.78 is 11.3. The fraction of sp³-hybridized carbons (Fsp3) is 0.353. The summed E-state index contributed by atoms with van der Waals surface area (Å²) >= 11 is 0. The van der Waals surface area contributed by atoms with Crippen molar-refractivity contribution >= 4 is 0 Å². The molecule has 21 heavy (non-hydrogen) atoms. The molecule has 0 spiro atoms. The van der Waals surface area contributed by atoms with Gasteiger partial charge >= 0.3 is 0 Å². The van der Waals surface area contributed by atoms with Crippen LogP contribution in [0.2, 0.25) is 0 Å². The van der Waals surface area contributed by atoms with E-state index in [9.17, 15) is 0 Å². The van der Waals surface area contributed by atoms with Crippen molar-refractivity contribution in [3.8, 4) is 17.2 Å². The first kappa shape index (κ1) is 15.3. The number of hydrogen-bond acceptors (Lipinski definition) is 4. The number of aromatic nitrogens is 1. The minimum Gasteiger partial charge on any atom is -0.494 e. The van der Waals surface area contributed by atoms with E-state index in [0.717, 1.165) is 29.4 Å². The van der Waals surface area contributed by atoms with Crippen LogP contribution in [0.4, 0.5) is 0 Å². The van der Waals surface area contributed by atoms with E-state index >= 15 is 0 Å². The SMILES string of the molecule is CCOc1cccc(Oc2ccc(C(CC)NC)nc2)c1. The van der Waals surface area contributed by atoms with E-state index < -0.39 is 0 Å². The molecule has 0 aliphatic rings. The molecule has 0 saturated carbocycles. The van der Waals surface area contributed by atoms with Crippen molar-refractivity contribution in [3.05, 3.63) is 48.3 Å². The Morgan fingerprint density at radius 1 is 1.10 bits per heavy atom. The van der Waals surface area contributed by atoms with Crippen molar-refractivity contribution in [1.29, 1.82) is 0 Å². The van der Waals surface area contributed by atoms with Crippen molar-refractivity contribution in [2.45, 2.75) is 26.3 Å². The van der Waals surface area contributed by atoms with Gasteiger partial charge in [0.2, 0.25) is 0 Å². The zero-order valence-corrected chi connectivity index (χ0v) is 12.8. The lowest BCUT2D eigenvalue weighted by atomic mass is 10.1. The Balaban J connectivity index is 2.08. The van der Waals surface area contributed by atoms with Crippen LogP contribution in [-0.4, -0.2) is 18.6 Å². The predicted molar refractivity (Wildman–Crippen MR) is 84.0 cm³/mol. The highest BCUT2D eigenvalue weighted by atomic mass is 16.5. The van der Waals surface area contributed by atoms with E-state index in [0.29, 0.717) is 6.61 Å². The molecule has 0 amide bonds. The quantitative estimate of drug-likeness (QED) is 0.837. The summed E-state index contributed by atoms with van der Waals surface area (Å²) in [5, 5.41) is 3.24. The van der Waals surface area contributed by atoms with E-state index in [2.05, 4.69) is 17.2 Å². The van der Waals surface area contributed by atoms with Crippen LogP contribution in [-0.2, 0) is 0 Å². The molecule has 0 saturated heterocycles. The summed E-state index contributed by atoms with van der Waals surface area (Å²) in [6, 6.07) is 11.8. The van der Waals surface area contributed by atoms with Crippen molar-refractivity contribution in [3.63, 3.8) is 0 Å². The number of pyridine rings is 1. The Bertz CT molecular complexity index is 551. The summed E-state index contributed by atoms with van der Waals surface area (Å²) in [5.74, 6) is 2.27. The van der Waals surface area contributed by atoms with Gasteiger partial charge in [-0.05, 0) is 44.7 Å². The van der Waals surface area contributed by atoms with E-state index in [-0.39, 0.29) is 6.04 Å². The first-order chi connectivity index (χ1) is 10.3. The second kappa shape index (κ2) is 7.64. The van der Waals surface area contributed by atoms with Gasteiger partial charge in [0.05, 0.1) is 18.5 Å². The van der Waals surface area contributed by atoms with Gasteiger partial charge in [-0.15, -0.1) is 0 Å². The molecule has 112 valence electrons. The molecule has 1 aromatic carbocycles. The van der Waals surface area contributed by atoms with Gasteiger partial charge in [0.15, 0.2) is 0 Å². The van der Waals surface area contributed by atoms with Crippen LogP contribution in [0.3, 0.4) is 0 Å². The van der Waals surface area contributed by atoms with Gasteiger partial charge in [0.25, 0.3) is 0 Å². The zero-order valence-electron chi connectivity index (χ0n) is 12.8. The molecule has 4 heteroatoms. The number of nitrogens with one attached hydrogen (secondary N) is 1. The lowest BCUT2D eigenvalue weighted by Crippen LogP contribution is -2.16. The standard InChI is InChI=1S/C17H22N2O2/c1-4-16(18-3)17-10-9-15(12-19-17)21-14-8-6-7-13(11-14)20-5-2/h6-12,16,18H,4-5H2,1-3H3. The van der Waals surface area contributed by atoms with E-state index in [4.69, 9.17) is 9.47 Å². The second-order valence-corrected chi connectivity index (χ2v) is 4.68. The minimum atomic E-state index is 0.278. The molecule has 1 atom stereocenters. The smallest absolute Gasteiger partial charge is 0.145 e. The molecule has 0 fully saturated rings. The molecule has 0 radical (unpaired) electrons. The monoisotopic (exact) mass is 286 g/mol. The Kier molecular flexibility index (Phi) is 5.58. The van der Waals surface area contributed by atoms with Gasteiger partial charge in [-0.25, -0.2) is 0 Å². The van der Waals surface area contributed by atoms with Crippen LogP contribution in [0.15, 0.2) is 42.6 Å². The fourth-order valence-electron chi connectivity index (χ4n) is 2.15. The average Bonchev–Trinajstić information content (AvgIpc) is 2.51. The van der Waals surface area contributed by atoms with Crippen LogP contribution in [0.25, 0.3) is 0 Å². The maximum absolute atomic E-state index is 5.80. The molecule has 2 aromatic rings. The Labute approximate surface area is 126 Å². The number of hydrogen-bond donors (Lipinski definition) is 1. The number of nitrogens with zero attached hydrogens (tertiary/aromatic N) is 1. The summed E-state index contributed by atoms with van der Waals surface area (Å²) in [4.78, 5) is 4.46. The van der Waals surface area contributed by atoms with Crippen molar-refractivity contribution in [2.24, 2.45) is 0 Å².